The van der Waals surface area contributed by atoms with Gasteiger partial charge in [-0.1, -0.05) is 42.5 Å². The Kier molecular flexibility index (Phi) is 10.1. The van der Waals surface area contributed by atoms with Crippen LogP contribution >= 0.6 is 23.5 Å². The summed E-state index contributed by atoms with van der Waals surface area (Å²) >= 11 is 3.35. The molecule has 0 saturated heterocycles. The molecular weight excluding hydrogens is 452 g/mol. The van der Waals surface area contributed by atoms with Gasteiger partial charge < -0.3 is 9.84 Å². The van der Waals surface area contributed by atoms with Crippen molar-refractivity contribution >= 4 is 46.0 Å². The molecule has 3 rings (SSSR count). The summed E-state index contributed by atoms with van der Waals surface area (Å²) in [6.45, 7) is 1.94. The number of ketones is 1. The molecule has 0 heterocycles. The lowest BCUT2D eigenvalue weighted by atomic mass is 9.88. The first-order chi connectivity index (χ1) is 15.9. The lowest BCUT2D eigenvalue weighted by Gasteiger charge is -2.26. The number of ether oxygens (including phenoxy) is 1. The molecule has 1 saturated carbocycles. The average molecular weight is 489 g/mol. The molecule has 1 aliphatic rings. The third kappa shape index (κ3) is 8.34. The number of aryl methyl sites for hydroxylation is 1. The van der Waals surface area contributed by atoms with Gasteiger partial charge in [0.2, 0.25) is 0 Å². The zero-order chi connectivity index (χ0) is 23.7. The number of benzene rings is 2. The first-order valence-corrected chi connectivity index (χ1v) is 14.1. The second-order valence-electron chi connectivity index (χ2n) is 9.26. The molecule has 1 unspecified atom stereocenters. The predicted molar refractivity (Wildman–Crippen MR) is 140 cm³/mol. The van der Waals surface area contributed by atoms with E-state index in [-0.39, 0.29) is 11.2 Å². The minimum absolute atomic E-state index is 0.0619. The van der Waals surface area contributed by atoms with Gasteiger partial charge in [-0.05, 0) is 79.2 Å². The molecule has 0 aromatic heterocycles. The number of aliphatic hydroxyl groups is 1. The largest absolute Gasteiger partial charge is 0.468 e. The van der Waals surface area contributed by atoms with Crippen molar-refractivity contribution in [3.63, 3.8) is 0 Å². The molecule has 6 heteroatoms. The summed E-state index contributed by atoms with van der Waals surface area (Å²) in [6, 6.07) is 14.9. The van der Waals surface area contributed by atoms with E-state index in [4.69, 9.17) is 0 Å². The number of Topliss-reactive ketones (excluding diaryl/α,β-unsaturated/α-hetero) is 1. The van der Waals surface area contributed by atoms with E-state index < -0.39 is 5.60 Å². The number of hydrogen-bond donors (Lipinski definition) is 1. The Morgan fingerprint density at radius 2 is 1.94 bits per heavy atom. The molecule has 33 heavy (non-hydrogen) atoms. The number of carbonyl (C=O) groups is 2. The van der Waals surface area contributed by atoms with E-state index in [1.54, 1.807) is 23.5 Å². The standard InChI is InChI=1S/C27H36O4S2/c1-27(30,14-12-20-8-9-21-6-3-4-7-23(21)18-20)15-13-22-10-11-24(28)26(22)33-17-5-16-32-19-25(29)31-2/h3-4,6-9,18,22,26,30H,5,10-17,19H2,1-2H3/t22-,26-,27?/m1/s1. The third-order valence-electron chi connectivity index (χ3n) is 6.50. The summed E-state index contributed by atoms with van der Waals surface area (Å²) in [7, 11) is 1.41. The van der Waals surface area contributed by atoms with Crippen LogP contribution in [0.25, 0.3) is 10.8 Å². The number of rotatable bonds is 13. The van der Waals surface area contributed by atoms with Crippen LogP contribution in [0.4, 0.5) is 0 Å². The third-order valence-corrected chi connectivity index (χ3v) is 9.05. The Morgan fingerprint density at radius 3 is 2.73 bits per heavy atom. The van der Waals surface area contributed by atoms with Crippen LogP contribution in [0.15, 0.2) is 42.5 Å². The zero-order valence-corrected chi connectivity index (χ0v) is 21.4. The zero-order valence-electron chi connectivity index (χ0n) is 19.8. The van der Waals surface area contributed by atoms with E-state index in [1.165, 1.54) is 23.4 Å². The molecule has 0 bridgehead atoms. The smallest absolute Gasteiger partial charge is 0.315 e. The summed E-state index contributed by atoms with van der Waals surface area (Å²) in [5, 5.41) is 13.5. The van der Waals surface area contributed by atoms with Crippen LogP contribution in [0, 0.1) is 5.92 Å². The highest BCUT2D eigenvalue weighted by Crippen LogP contribution is 2.37. The fourth-order valence-electron chi connectivity index (χ4n) is 4.42. The monoisotopic (exact) mass is 488 g/mol. The van der Waals surface area contributed by atoms with Gasteiger partial charge in [-0.3, -0.25) is 9.59 Å². The van der Waals surface area contributed by atoms with E-state index in [0.717, 1.165) is 50.0 Å². The highest BCUT2D eigenvalue weighted by Gasteiger charge is 2.35. The topological polar surface area (TPSA) is 63.6 Å². The summed E-state index contributed by atoms with van der Waals surface area (Å²) in [5.41, 5.74) is 0.528. The maximum atomic E-state index is 12.4. The predicted octanol–water partition coefficient (Wildman–Crippen LogP) is 5.68. The highest BCUT2D eigenvalue weighted by molar-refractivity contribution is 8.01. The maximum Gasteiger partial charge on any atom is 0.315 e. The average Bonchev–Trinajstić information content (AvgIpc) is 3.17. The van der Waals surface area contributed by atoms with Crippen LogP contribution in [0.5, 0.6) is 0 Å². The van der Waals surface area contributed by atoms with Crippen molar-refractivity contribution in [1.82, 2.24) is 0 Å². The Hall–Kier alpha value is -1.50. The van der Waals surface area contributed by atoms with Crippen LogP contribution in [-0.4, -0.2) is 52.1 Å². The quantitative estimate of drug-likeness (QED) is 0.289. The first kappa shape index (κ1) is 26.1. The van der Waals surface area contributed by atoms with Gasteiger partial charge in [0.25, 0.3) is 0 Å². The second kappa shape index (κ2) is 12.8. The van der Waals surface area contributed by atoms with Crippen LogP contribution < -0.4 is 0 Å². The number of hydrogen-bond acceptors (Lipinski definition) is 6. The highest BCUT2D eigenvalue weighted by atomic mass is 32.2. The van der Waals surface area contributed by atoms with Gasteiger partial charge in [0, 0.05) is 6.42 Å². The number of esters is 1. The van der Waals surface area contributed by atoms with Crippen molar-refractivity contribution in [2.45, 2.75) is 62.7 Å². The van der Waals surface area contributed by atoms with Gasteiger partial charge >= 0.3 is 5.97 Å². The minimum atomic E-state index is -0.725. The van der Waals surface area contributed by atoms with E-state index in [9.17, 15) is 14.7 Å². The normalized spacial score (nSPS) is 20.2. The van der Waals surface area contributed by atoms with Crippen molar-refractivity contribution in [2.24, 2.45) is 5.92 Å². The van der Waals surface area contributed by atoms with E-state index >= 15 is 0 Å². The van der Waals surface area contributed by atoms with E-state index in [1.807, 2.05) is 6.92 Å². The Morgan fingerprint density at radius 1 is 1.15 bits per heavy atom. The van der Waals surface area contributed by atoms with Crippen LogP contribution in [0.3, 0.4) is 0 Å². The number of methoxy groups -OCH3 is 1. The van der Waals surface area contributed by atoms with Gasteiger partial charge in [-0.25, -0.2) is 0 Å². The van der Waals surface area contributed by atoms with Gasteiger partial charge in [0.1, 0.15) is 5.78 Å². The van der Waals surface area contributed by atoms with Gasteiger partial charge in [0.05, 0.1) is 23.7 Å². The van der Waals surface area contributed by atoms with Gasteiger partial charge in [-0.15, -0.1) is 0 Å². The van der Waals surface area contributed by atoms with Crippen molar-refractivity contribution in [3.8, 4) is 0 Å². The summed E-state index contributed by atoms with van der Waals surface area (Å²) in [5.74, 6) is 2.75. The first-order valence-electron chi connectivity index (χ1n) is 11.9. The molecule has 2 aromatic rings. The molecule has 0 radical (unpaired) electrons. The van der Waals surface area contributed by atoms with E-state index in [2.05, 4.69) is 47.2 Å². The Labute approximate surface area is 206 Å². The van der Waals surface area contributed by atoms with Crippen LogP contribution in [0.1, 0.15) is 51.0 Å². The summed E-state index contributed by atoms with van der Waals surface area (Å²) in [4.78, 5) is 23.6. The van der Waals surface area contributed by atoms with Crippen molar-refractivity contribution < 1.29 is 19.4 Å². The van der Waals surface area contributed by atoms with Crippen LogP contribution in [-0.2, 0) is 20.7 Å². The van der Waals surface area contributed by atoms with Gasteiger partial charge in [-0.2, -0.15) is 23.5 Å². The van der Waals surface area contributed by atoms with Crippen LogP contribution in [0.2, 0.25) is 0 Å². The van der Waals surface area contributed by atoms with Gasteiger partial charge in [0.15, 0.2) is 0 Å². The molecular formula is C27H36O4S2. The second-order valence-corrected chi connectivity index (χ2v) is 11.6. The minimum Gasteiger partial charge on any atom is -0.468 e. The molecule has 4 nitrogen and oxygen atoms in total. The van der Waals surface area contributed by atoms with Crippen molar-refractivity contribution in [2.75, 3.05) is 24.4 Å². The van der Waals surface area contributed by atoms with E-state index in [0.29, 0.717) is 23.9 Å². The summed E-state index contributed by atoms with van der Waals surface area (Å²) in [6.07, 6.45) is 5.78. The molecule has 1 aliphatic carbocycles. The molecule has 0 spiro atoms. The van der Waals surface area contributed by atoms with Crippen molar-refractivity contribution in [1.29, 1.82) is 0 Å². The van der Waals surface area contributed by atoms with Crippen molar-refractivity contribution in [3.05, 3.63) is 48.0 Å². The molecule has 0 aliphatic heterocycles. The number of carbonyl (C=O) groups excluding carboxylic acids is 2. The molecule has 0 amide bonds. The fourth-order valence-corrected chi connectivity index (χ4v) is 6.80. The molecule has 1 N–H and O–H groups in total. The SMILES string of the molecule is COC(=O)CSCCCS[C@H]1C(=O)CC[C@@H]1CCC(C)(O)CCc1ccc2ccccc2c1. The number of thioether (sulfide) groups is 2. The number of fused-ring (bicyclic) bond motifs is 1. The molecule has 2 aromatic carbocycles. The Bertz CT molecular complexity index is 927. The molecule has 1 fully saturated rings. The lowest BCUT2D eigenvalue weighted by Crippen LogP contribution is -2.27. The Balaban J connectivity index is 1.40. The summed E-state index contributed by atoms with van der Waals surface area (Å²) < 4.78 is 4.65. The molecule has 3 atom stereocenters. The lowest BCUT2D eigenvalue weighted by molar-refractivity contribution is -0.137. The molecule has 180 valence electrons. The fraction of sp³-hybridized carbons (Fsp3) is 0.556. The maximum absolute atomic E-state index is 12.4.